The summed E-state index contributed by atoms with van der Waals surface area (Å²) in [7, 11) is 0. The summed E-state index contributed by atoms with van der Waals surface area (Å²) in [6, 6.07) is 5.83. The van der Waals surface area contributed by atoms with Crippen LogP contribution in [-0.4, -0.2) is 12.6 Å². The van der Waals surface area contributed by atoms with E-state index in [1.807, 2.05) is 0 Å². The van der Waals surface area contributed by atoms with Crippen LogP contribution in [0.2, 0.25) is 0 Å². The molecule has 0 radical (unpaired) electrons. The van der Waals surface area contributed by atoms with Crippen molar-refractivity contribution in [2.45, 2.75) is 58.5 Å². The maximum absolute atomic E-state index is 13.8. The summed E-state index contributed by atoms with van der Waals surface area (Å²) in [6.45, 7) is 5.89. The SMILES string of the molecule is CC(C)CCN(c1cc(F)cc(CN)c1)C1CCCC1. The summed E-state index contributed by atoms with van der Waals surface area (Å²) in [4.78, 5) is 2.41. The van der Waals surface area contributed by atoms with Gasteiger partial charge in [-0.3, -0.25) is 0 Å². The lowest BCUT2D eigenvalue weighted by Crippen LogP contribution is -2.35. The molecule has 0 atom stereocenters. The van der Waals surface area contributed by atoms with Gasteiger partial charge in [-0.25, -0.2) is 4.39 Å². The highest BCUT2D eigenvalue weighted by molar-refractivity contribution is 5.50. The van der Waals surface area contributed by atoms with Crippen molar-refractivity contribution in [1.29, 1.82) is 0 Å². The van der Waals surface area contributed by atoms with E-state index in [2.05, 4.69) is 24.8 Å². The summed E-state index contributed by atoms with van der Waals surface area (Å²) in [5.41, 5.74) is 7.57. The van der Waals surface area contributed by atoms with Crippen LogP contribution in [0.3, 0.4) is 0 Å². The van der Waals surface area contributed by atoms with Crippen LogP contribution in [0.15, 0.2) is 18.2 Å². The third-order valence-corrected chi connectivity index (χ3v) is 4.22. The molecule has 3 heteroatoms. The number of hydrogen-bond donors (Lipinski definition) is 1. The van der Waals surface area contributed by atoms with Crippen LogP contribution in [0.5, 0.6) is 0 Å². The van der Waals surface area contributed by atoms with Crippen LogP contribution >= 0.6 is 0 Å². The number of halogens is 1. The largest absolute Gasteiger partial charge is 0.368 e. The van der Waals surface area contributed by atoms with Gasteiger partial charge < -0.3 is 10.6 Å². The van der Waals surface area contributed by atoms with Gasteiger partial charge in [0, 0.05) is 24.8 Å². The van der Waals surface area contributed by atoms with Gasteiger partial charge in [-0.15, -0.1) is 0 Å². The fourth-order valence-corrected chi connectivity index (χ4v) is 3.05. The Hall–Kier alpha value is -1.09. The van der Waals surface area contributed by atoms with Gasteiger partial charge in [0.1, 0.15) is 5.82 Å². The highest BCUT2D eigenvalue weighted by atomic mass is 19.1. The van der Waals surface area contributed by atoms with Gasteiger partial charge in [0.05, 0.1) is 0 Å². The second-order valence-corrected chi connectivity index (χ2v) is 6.34. The van der Waals surface area contributed by atoms with E-state index in [4.69, 9.17) is 5.73 Å². The number of nitrogens with two attached hydrogens (primary N) is 1. The van der Waals surface area contributed by atoms with Gasteiger partial charge >= 0.3 is 0 Å². The predicted octanol–water partition coefficient (Wildman–Crippen LogP) is 4.08. The lowest BCUT2D eigenvalue weighted by atomic mass is 10.1. The summed E-state index contributed by atoms with van der Waals surface area (Å²) in [6.07, 6.45) is 6.19. The van der Waals surface area contributed by atoms with Crippen LogP contribution in [0.25, 0.3) is 0 Å². The third-order valence-electron chi connectivity index (χ3n) is 4.22. The standard InChI is InChI=1S/C17H27FN2/c1-13(2)7-8-20(16-5-3-4-6-16)17-10-14(12-19)9-15(18)11-17/h9-11,13,16H,3-8,12,19H2,1-2H3. The molecular weight excluding hydrogens is 251 g/mol. The lowest BCUT2D eigenvalue weighted by Gasteiger charge is -2.32. The Morgan fingerprint density at radius 1 is 1.25 bits per heavy atom. The van der Waals surface area contributed by atoms with Crippen LogP contribution in [-0.2, 0) is 6.54 Å². The molecule has 20 heavy (non-hydrogen) atoms. The Morgan fingerprint density at radius 2 is 1.95 bits per heavy atom. The Balaban J connectivity index is 2.22. The quantitative estimate of drug-likeness (QED) is 0.849. The highest BCUT2D eigenvalue weighted by Crippen LogP contribution is 2.30. The molecule has 1 aliphatic carbocycles. The average Bonchev–Trinajstić information content (AvgIpc) is 2.92. The third kappa shape index (κ3) is 3.95. The minimum Gasteiger partial charge on any atom is -0.368 e. The molecule has 112 valence electrons. The molecule has 0 aromatic heterocycles. The van der Waals surface area contributed by atoms with E-state index in [1.165, 1.54) is 25.7 Å². The summed E-state index contributed by atoms with van der Waals surface area (Å²) in [5.74, 6) is 0.497. The first-order valence-electron chi connectivity index (χ1n) is 7.86. The minimum absolute atomic E-state index is 0.171. The zero-order valence-corrected chi connectivity index (χ0v) is 12.7. The second-order valence-electron chi connectivity index (χ2n) is 6.34. The molecular formula is C17H27FN2. The van der Waals surface area contributed by atoms with Crippen molar-refractivity contribution in [3.8, 4) is 0 Å². The first kappa shape index (κ1) is 15.3. The van der Waals surface area contributed by atoms with E-state index < -0.39 is 0 Å². The van der Waals surface area contributed by atoms with Gasteiger partial charge in [-0.05, 0) is 48.9 Å². The Morgan fingerprint density at radius 3 is 2.55 bits per heavy atom. The molecule has 1 fully saturated rings. The van der Waals surface area contributed by atoms with E-state index in [0.717, 1.165) is 24.2 Å². The maximum Gasteiger partial charge on any atom is 0.125 e. The molecule has 1 aliphatic rings. The first-order valence-corrected chi connectivity index (χ1v) is 7.86. The summed E-state index contributed by atoms with van der Waals surface area (Å²) < 4.78 is 13.8. The lowest BCUT2D eigenvalue weighted by molar-refractivity contribution is 0.527. The zero-order valence-electron chi connectivity index (χ0n) is 12.7. The fourth-order valence-electron chi connectivity index (χ4n) is 3.05. The summed E-state index contributed by atoms with van der Waals surface area (Å²) >= 11 is 0. The van der Waals surface area contributed by atoms with Crippen LogP contribution in [0.4, 0.5) is 10.1 Å². The first-order chi connectivity index (χ1) is 9.60. The molecule has 1 saturated carbocycles. The van der Waals surface area contributed by atoms with Gasteiger partial charge in [0.25, 0.3) is 0 Å². The molecule has 0 unspecified atom stereocenters. The maximum atomic E-state index is 13.8. The normalized spacial score (nSPS) is 16.1. The highest BCUT2D eigenvalue weighted by Gasteiger charge is 2.23. The Labute approximate surface area is 122 Å². The van der Waals surface area contributed by atoms with E-state index in [0.29, 0.717) is 18.5 Å². The Bertz CT molecular complexity index is 425. The fraction of sp³-hybridized carbons (Fsp3) is 0.647. The molecule has 0 amide bonds. The predicted molar refractivity (Wildman–Crippen MR) is 83.3 cm³/mol. The van der Waals surface area contributed by atoms with Gasteiger partial charge in [0.15, 0.2) is 0 Å². The van der Waals surface area contributed by atoms with Crippen LogP contribution in [0.1, 0.15) is 51.5 Å². The van der Waals surface area contributed by atoms with Crippen molar-refractivity contribution in [3.05, 3.63) is 29.6 Å². The van der Waals surface area contributed by atoms with Crippen molar-refractivity contribution in [1.82, 2.24) is 0 Å². The molecule has 0 heterocycles. The van der Waals surface area contributed by atoms with Crippen molar-refractivity contribution < 1.29 is 4.39 Å². The van der Waals surface area contributed by atoms with E-state index in [-0.39, 0.29) is 5.82 Å². The molecule has 1 aromatic carbocycles. The minimum atomic E-state index is -0.171. The molecule has 0 saturated heterocycles. The molecule has 0 aliphatic heterocycles. The molecule has 0 bridgehead atoms. The van der Waals surface area contributed by atoms with Gasteiger partial charge in [0.2, 0.25) is 0 Å². The average molecular weight is 278 g/mol. The number of rotatable bonds is 6. The smallest absolute Gasteiger partial charge is 0.125 e. The zero-order chi connectivity index (χ0) is 14.5. The van der Waals surface area contributed by atoms with E-state index in [1.54, 1.807) is 12.1 Å². The van der Waals surface area contributed by atoms with Crippen LogP contribution < -0.4 is 10.6 Å². The van der Waals surface area contributed by atoms with E-state index >= 15 is 0 Å². The van der Waals surface area contributed by atoms with Crippen molar-refractivity contribution in [2.24, 2.45) is 11.7 Å². The van der Waals surface area contributed by atoms with Gasteiger partial charge in [-0.2, -0.15) is 0 Å². The molecule has 1 aromatic rings. The van der Waals surface area contributed by atoms with Crippen molar-refractivity contribution in [2.75, 3.05) is 11.4 Å². The molecule has 2 N–H and O–H groups in total. The number of nitrogens with zero attached hydrogens (tertiary/aromatic N) is 1. The molecule has 0 spiro atoms. The molecule has 2 rings (SSSR count). The summed E-state index contributed by atoms with van der Waals surface area (Å²) in [5, 5.41) is 0. The van der Waals surface area contributed by atoms with Crippen molar-refractivity contribution >= 4 is 5.69 Å². The topological polar surface area (TPSA) is 29.3 Å². The number of hydrogen-bond acceptors (Lipinski definition) is 2. The number of benzene rings is 1. The van der Waals surface area contributed by atoms with Crippen molar-refractivity contribution in [3.63, 3.8) is 0 Å². The molecule has 2 nitrogen and oxygen atoms in total. The van der Waals surface area contributed by atoms with Crippen LogP contribution in [0, 0.1) is 11.7 Å². The second kappa shape index (κ2) is 7.07. The number of anilines is 1. The van der Waals surface area contributed by atoms with Gasteiger partial charge in [-0.1, -0.05) is 26.7 Å². The monoisotopic (exact) mass is 278 g/mol. The Kier molecular flexibility index (Phi) is 5.41. The van der Waals surface area contributed by atoms with E-state index in [9.17, 15) is 4.39 Å².